The molecule has 0 aliphatic heterocycles. The first-order chi connectivity index (χ1) is 9.72. The number of hydrogen-bond donors (Lipinski definition) is 2. The molecule has 0 aliphatic carbocycles. The number of rotatable bonds is 8. The average Bonchev–Trinajstić information content (AvgIpc) is 2.38. The minimum atomic E-state index is -3.60. The van der Waals surface area contributed by atoms with Crippen LogP contribution in [0.3, 0.4) is 0 Å². The first-order valence-corrected chi connectivity index (χ1v) is 10.1. The van der Waals surface area contributed by atoms with E-state index >= 15 is 0 Å². The Kier molecular flexibility index (Phi) is 6.18. The molecule has 1 aromatic rings. The molecule has 21 heavy (non-hydrogen) atoms. The number of nitrogens with one attached hydrogen (secondary N) is 2. The van der Waals surface area contributed by atoms with E-state index in [9.17, 15) is 16.8 Å². The van der Waals surface area contributed by atoms with Crippen LogP contribution < -0.4 is 10.0 Å². The summed E-state index contributed by atoms with van der Waals surface area (Å²) in [5, 5.41) is 2.97. The minimum Gasteiger partial charge on any atom is -0.380 e. The summed E-state index contributed by atoms with van der Waals surface area (Å²) in [5.74, 6) is 0.0233. The number of benzene rings is 1. The Labute approximate surface area is 126 Å². The summed E-state index contributed by atoms with van der Waals surface area (Å²) >= 11 is 0. The summed E-state index contributed by atoms with van der Waals surface area (Å²) in [5.41, 5.74) is 0.400. The zero-order chi connectivity index (χ0) is 16.1. The molecular formula is C13H22N2O4S2. The third-order valence-electron chi connectivity index (χ3n) is 2.86. The van der Waals surface area contributed by atoms with Gasteiger partial charge in [-0.1, -0.05) is 26.0 Å². The second-order valence-electron chi connectivity index (χ2n) is 4.74. The van der Waals surface area contributed by atoms with E-state index in [1.165, 1.54) is 6.07 Å². The molecule has 8 heteroatoms. The average molecular weight is 334 g/mol. The summed E-state index contributed by atoms with van der Waals surface area (Å²) < 4.78 is 49.9. The summed E-state index contributed by atoms with van der Waals surface area (Å²) in [6.07, 6.45) is 0. The van der Waals surface area contributed by atoms with Crippen LogP contribution in [-0.4, -0.2) is 40.9 Å². The molecule has 1 unspecified atom stereocenters. The highest BCUT2D eigenvalue weighted by atomic mass is 32.2. The van der Waals surface area contributed by atoms with Crippen molar-refractivity contribution >= 4 is 25.5 Å². The van der Waals surface area contributed by atoms with E-state index in [1.807, 2.05) is 0 Å². The third kappa shape index (κ3) is 5.29. The molecule has 0 saturated heterocycles. The molecule has 0 fully saturated rings. The predicted molar refractivity (Wildman–Crippen MR) is 84.7 cm³/mol. The van der Waals surface area contributed by atoms with Gasteiger partial charge in [0.15, 0.2) is 9.84 Å². The maximum absolute atomic E-state index is 12.1. The van der Waals surface area contributed by atoms with Gasteiger partial charge in [0, 0.05) is 18.3 Å². The van der Waals surface area contributed by atoms with Crippen molar-refractivity contribution in [2.45, 2.75) is 31.7 Å². The molecule has 0 bridgehead atoms. The largest absolute Gasteiger partial charge is 0.380 e. The Morgan fingerprint density at radius 2 is 1.71 bits per heavy atom. The first-order valence-electron chi connectivity index (χ1n) is 6.77. The first kappa shape index (κ1) is 17.9. The summed E-state index contributed by atoms with van der Waals surface area (Å²) in [4.78, 5) is 0.118. The standard InChI is InChI=1S/C13H22N2O4S2/c1-4-14-21(18,19)13-9-7-6-8-12(13)15-11(3)10-20(16,17)5-2/h6-9,11,14-15H,4-5,10H2,1-3H3. The SMILES string of the molecule is CCNS(=O)(=O)c1ccccc1NC(C)CS(=O)(=O)CC. The fourth-order valence-corrected chi connectivity index (χ4v) is 4.18. The van der Waals surface area contributed by atoms with E-state index < -0.39 is 19.9 Å². The van der Waals surface area contributed by atoms with Gasteiger partial charge in [-0.05, 0) is 19.1 Å². The van der Waals surface area contributed by atoms with E-state index in [2.05, 4.69) is 10.0 Å². The molecule has 1 rings (SSSR count). The van der Waals surface area contributed by atoms with Crippen molar-refractivity contribution in [3.63, 3.8) is 0 Å². The Balaban J connectivity index is 3.00. The van der Waals surface area contributed by atoms with Gasteiger partial charge < -0.3 is 5.32 Å². The maximum Gasteiger partial charge on any atom is 0.242 e. The zero-order valence-electron chi connectivity index (χ0n) is 12.5. The summed E-state index contributed by atoms with van der Waals surface area (Å²) in [7, 11) is -6.72. The van der Waals surface area contributed by atoms with Gasteiger partial charge in [0.05, 0.1) is 11.4 Å². The quantitative estimate of drug-likeness (QED) is 0.746. The summed E-state index contributed by atoms with van der Waals surface area (Å²) in [6.45, 7) is 5.29. The number of sulfonamides is 1. The molecule has 0 aromatic heterocycles. The molecule has 0 radical (unpaired) electrons. The molecule has 2 N–H and O–H groups in total. The van der Waals surface area contributed by atoms with Crippen LogP contribution >= 0.6 is 0 Å². The topological polar surface area (TPSA) is 92.3 Å². The maximum atomic E-state index is 12.1. The Bertz CT molecular complexity index is 669. The van der Waals surface area contributed by atoms with Gasteiger partial charge >= 0.3 is 0 Å². The van der Waals surface area contributed by atoms with Gasteiger partial charge in [-0.15, -0.1) is 0 Å². The lowest BCUT2D eigenvalue weighted by atomic mass is 10.3. The lowest BCUT2D eigenvalue weighted by Gasteiger charge is -2.18. The van der Waals surface area contributed by atoms with E-state index in [4.69, 9.17) is 0 Å². The number of para-hydroxylation sites is 1. The highest BCUT2D eigenvalue weighted by molar-refractivity contribution is 7.91. The van der Waals surface area contributed by atoms with Crippen molar-refractivity contribution in [2.24, 2.45) is 0 Å². The molecule has 0 saturated carbocycles. The van der Waals surface area contributed by atoms with Crippen LogP contribution in [0, 0.1) is 0 Å². The normalized spacial score (nSPS) is 13.9. The fourth-order valence-electron chi connectivity index (χ4n) is 1.89. The lowest BCUT2D eigenvalue weighted by molar-refractivity contribution is 0.584. The smallest absolute Gasteiger partial charge is 0.242 e. The molecule has 1 atom stereocenters. The van der Waals surface area contributed by atoms with Gasteiger partial charge in [-0.25, -0.2) is 21.6 Å². The number of sulfone groups is 1. The Morgan fingerprint density at radius 3 is 2.29 bits per heavy atom. The molecule has 1 aromatic carbocycles. The highest BCUT2D eigenvalue weighted by Gasteiger charge is 2.19. The molecule has 0 amide bonds. The van der Waals surface area contributed by atoms with Crippen LogP contribution in [0.4, 0.5) is 5.69 Å². The van der Waals surface area contributed by atoms with Gasteiger partial charge in [-0.3, -0.25) is 0 Å². The predicted octanol–water partition coefficient (Wildman–Crippen LogP) is 1.22. The summed E-state index contributed by atoms with van der Waals surface area (Å²) in [6, 6.07) is 6.06. The molecule has 120 valence electrons. The molecule has 6 nitrogen and oxygen atoms in total. The van der Waals surface area contributed by atoms with Gasteiger partial charge in [-0.2, -0.15) is 0 Å². The Morgan fingerprint density at radius 1 is 1.10 bits per heavy atom. The van der Waals surface area contributed by atoms with Crippen LogP contribution in [0.2, 0.25) is 0 Å². The van der Waals surface area contributed by atoms with Crippen molar-refractivity contribution in [1.29, 1.82) is 0 Å². The minimum absolute atomic E-state index is 0.0426. The Hall–Kier alpha value is -1.12. The van der Waals surface area contributed by atoms with Crippen LogP contribution in [-0.2, 0) is 19.9 Å². The molecule has 0 spiro atoms. The second kappa shape index (κ2) is 7.24. The van der Waals surface area contributed by atoms with Crippen molar-refractivity contribution < 1.29 is 16.8 Å². The van der Waals surface area contributed by atoms with Crippen molar-refractivity contribution in [3.8, 4) is 0 Å². The van der Waals surface area contributed by atoms with Gasteiger partial charge in [0.25, 0.3) is 0 Å². The zero-order valence-corrected chi connectivity index (χ0v) is 14.1. The van der Waals surface area contributed by atoms with E-state index in [0.717, 1.165) is 0 Å². The second-order valence-corrected chi connectivity index (χ2v) is 8.87. The van der Waals surface area contributed by atoms with E-state index in [-0.39, 0.29) is 29.0 Å². The van der Waals surface area contributed by atoms with Crippen LogP contribution in [0.15, 0.2) is 29.2 Å². The fraction of sp³-hybridized carbons (Fsp3) is 0.538. The van der Waals surface area contributed by atoms with Crippen molar-refractivity contribution in [3.05, 3.63) is 24.3 Å². The van der Waals surface area contributed by atoms with Crippen LogP contribution in [0.5, 0.6) is 0 Å². The molecular weight excluding hydrogens is 312 g/mol. The van der Waals surface area contributed by atoms with Crippen LogP contribution in [0.1, 0.15) is 20.8 Å². The van der Waals surface area contributed by atoms with Gasteiger partial charge in [0.1, 0.15) is 4.90 Å². The van der Waals surface area contributed by atoms with Gasteiger partial charge in [0.2, 0.25) is 10.0 Å². The third-order valence-corrected chi connectivity index (χ3v) is 6.35. The lowest BCUT2D eigenvalue weighted by Crippen LogP contribution is -2.29. The number of anilines is 1. The van der Waals surface area contributed by atoms with E-state index in [0.29, 0.717) is 5.69 Å². The number of hydrogen-bond acceptors (Lipinski definition) is 5. The molecule has 0 heterocycles. The van der Waals surface area contributed by atoms with E-state index in [1.54, 1.807) is 39.0 Å². The highest BCUT2D eigenvalue weighted by Crippen LogP contribution is 2.21. The monoisotopic (exact) mass is 334 g/mol. The van der Waals surface area contributed by atoms with Crippen LogP contribution in [0.25, 0.3) is 0 Å². The van der Waals surface area contributed by atoms with Crippen molar-refractivity contribution in [1.82, 2.24) is 4.72 Å². The molecule has 0 aliphatic rings. The van der Waals surface area contributed by atoms with Crippen molar-refractivity contribution in [2.75, 3.05) is 23.4 Å².